The third-order valence-corrected chi connectivity index (χ3v) is 5.49. The van der Waals surface area contributed by atoms with E-state index in [2.05, 4.69) is 6.92 Å². The van der Waals surface area contributed by atoms with Crippen molar-refractivity contribution in [2.45, 2.75) is 63.5 Å². The molecule has 0 bridgehead atoms. The average Bonchev–Trinajstić information content (AvgIpc) is 2.96. The first-order chi connectivity index (χ1) is 10.5. The molecule has 1 N–H and O–H groups in total. The Kier molecular flexibility index (Phi) is 3.71. The third-order valence-electron chi connectivity index (χ3n) is 5.49. The molecule has 1 aromatic carbocycles. The van der Waals surface area contributed by atoms with Crippen LogP contribution in [0.2, 0.25) is 0 Å². The van der Waals surface area contributed by atoms with E-state index in [4.69, 9.17) is 0 Å². The zero-order valence-electron chi connectivity index (χ0n) is 13.2. The van der Waals surface area contributed by atoms with Gasteiger partial charge >= 0.3 is 5.97 Å². The van der Waals surface area contributed by atoms with Crippen LogP contribution in [0.4, 0.5) is 0 Å². The van der Waals surface area contributed by atoms with E-state index in [1.54, 1.807) is 6.07 Å². The molecule has 1 aromatic rings. The third kappa shape index (κ3) is 1.97. The van der Waals surface area contributed by atoms with Crippen LogP contribution < -0.4 is 0 Å². The lowest BCUT2D eigenvalue weighted by Gasteiger charge is -2.51. The van der Waals surface area contributed by atoms with Crippen molar-refractivity contribution in [1.29, 1.82) is 0 Å². The van der Waals surface area contributed by atoms with Crippen LogP contribution in [-0.4, -0.2) is 33.5 Å². The zero-order chi connectivity index (χ0) is 15.9. The Labute approximate surface area is 131 Å². The fraction of sp³-hybridized carbons (Fsp3) is 0.556. The molecule has 1 amide bonds. The number of rotatable bonds is 3. The van der Waals surface area contributed by atoms with Crippen LogP contribution in [0, 0.1) is 0 Å². The molecule has 22 heavy (non-hydrogen) atoms. The monoisotopic (exact) mass is 301 g/mol. The molecule has 1 spiro atoms. The summed E-state index contributed by atoms with van der Waals surface area (Å²) in [7, 11) is 0. The molecule has 4 nitrogen and oxygen atoms in total. The Hall–Kier alpha value is -1.84. The standard InChI is InChI=1S/C18H23NO3/c1-3-12(2)19-16(20)14-9-5-4-8-13(14)15(17(21)22)18(19)10-6-7-11-18/h4-5,8-9,12,15H,3,6-7,10-11H2,1-2H3,(H,21,22)/t12-,15+/m1/s1. The van der Waals surface area contributed by atoms with E-state index in [0.29, 0.717) is 11.1 Å². The lowest BCUT2D eigenvalue weighted by molar-refractivity contribution is -0.143. The van der Waals surface area contributed by atoms with Gasteiger partial charge in [-0.25, -0.2) is 0 Å². The van der Waals surface area contributed by atoms with E-state index in [1.165, 1.54) is 0 Å². The van der Waals surface area contributed by atoms with Crippen LogP contribution in [0.1, 0.15) is 67.8 Å². The van der Waals surface area contributed by atoms with Crippen molar-refractivity contribution in [3.05, 3.63) is 35.4 Å². The van der Waals surface area contributed by atoms with E-state index < -0.39 is 17.4 Å². The van der Waals surface area contributed by atoms with Gasteiger partial charge in [0.15, 0.2) is 0 Å². The summed E-state index contributed by atoms with van der Waals surface area (Å²) in [6.07, 6.45) is 4.39. The molecule has 1 aliphatic heterocycles. The maximum Gasteiger partial charge on any atom is 0.313 e. The molecule has 1 aliphatic carbocycles. The first kappa shape index (κ1) is 15.1. The minimum atomic E-state index is -0.810. The van der Waals surface area contributed by atoms with Crippen molar-refractivity contribution in [3.63, 3.8) is 0 Å². The van der Waals surface area contributed by atoms with Gasteiger partial charge < -0.3 is 10.0 Å². The molecule has 2 aliphatic rings. The van der Waals surface area contributed by atoms with E-state index in [9.17, 15) is 14.7 Å². The minimum Gasteiger partial charge on any atom is -0.481 e. The van der Waals surface area contributed by atoms with Gasteiger partial charge in [-0.05, 0) is 37.8 Å². The van der Waals surface area contributed by atoms with Crippen LogP contribution in [0.15, 0.2) is 24.3 Å². The molecule has 0 saturated heterocycles. The summed E-state index contributed by atoms with van der Waals surface area (Å²) >= 11 is 0. The lowest BCUT2D eigenvalue weighted by atomic mass is 9.71. The zero-order valence-corrected chi connectivity index (χ0v) is 13.2. The molecule has 1 saturated carbocycles. The first-order valence-corrected chi connectivity index (χ1v) is 8.18. The Morgan fingerprint density at radius 3 is 2.59 bits per heavy atom. The number of amides is 1. The molecule has 1 heterocycles. The summed E-state index contributed by atoms with van der Waals surface area (Å²) in [4.78, 5) is 27.1. The predicted molar refractivity (Wildman–Crippen MR) is 83.9 cm³/mol. The van der Waals surface area contributed by atoms with Crippen LogP contribution in [0.25, 0.3) is 0 Å². The maximum absolute atomic E-state index is 13.1. The summed E-state index contributed by atoms with van der Waals surface area (Å²) < 4.78 is 0. The van der Waals surface area contributed by atoms with Gasteiger partial charge in [0.2, 0.25) is 0 Å². The second-order valence-electron chi connectivity index (χ2n) is 6.60. The highest BCUT2D eigenvalue weighted by Gasteiger charge is 2.56. The van der Waals surface area contributed by atoms with Gasteiger partial charge in [-0.15, -0.1) is 0 Å². The summed E-state index contributed by atoms with van der Waals surface area (Å²) in [6, 6.07) is 7.30. The highest BCUT2D eigenvalue weighted by Crippen LogP contribution is 2.51. The molecule has 118 valence electrons. The van der Waals surface area contributed by atoms with Crippen LogP contribution in [0.3, 0.4) is 0 Å². The molecular weight excluding hydrogens is 278 g/mol. The molecule has 2 atom stereocenters. The van der Waals surface area contributed by atoms with Gasteiger partial charge in [0, 0.05) is 11.6 Å². The summed E-state index contributed by atoms with van der Waals surface area (Å²) in [5.41, 5.74) is 0.710. The number of aliphatic carboxylic acids is 1. The van der Waals surface area contributed by atoms with Crippen molar-refractivity contribution in [3.8, 4) is 0 Å². The van der Waals surface area contributed by atoms with Crippen molar-refractivity contribution in [2.24, 2.45) is 0 Å². The molecule has 1 fully saturated rings. The molecular formula is C18H23NO3. The number of benzene rings is 1. The number of hydrogen-bond donors (Lipinski definition) is 1. The Bertz CT molecular complexity index is 604. The summed E-state index contributed by atoms with van der Waals surface area (Å²) in [5.74, 6) is -1.42. The Morgan fingerprint density at radius 2 is 2.00 bits per heavy atom. The topological polar surface area (TPSA) is 57.6 Å². The Morgan fingerprint density at radius 1 is 1.36 bits per heavy atom. The first-order valence-electron chi connectivity index (χ1n) is 8.18. The van der Waals surface area contributed by atoms with Gasteiger partial charge in [-0.1, -0.05) is 38.0 Å². The number of carboxylic acids is 1. The molecule has 3 rings (SSSR count). The fourth-order valence-corrected chi connectivity index (χ4v) is 4.41. The number of carbonyl (C=O) groups is 2. The fourth-order valence-electron chi connectivity index (χ4n) is 4.41. The number of hydrogen-bond acceptors (Lipinski definition) is 2. The summed E-state index contributed by atoms with van der Waals surface area (Å²) in [6.45, 7) is 4.09. The molecule has 0 radical (unpaired) electrons. The van der Waals surface area contributed by atoms with Gasteiger partial charge in [0.25, 0.3) is 5.91 Å². The lowest BCUT2D eigenvalue weighted by Crippen LogP contribution is -2.61. The van der Waals surface area contributed by atoms with Gasteiger partial charge in [0.05, 0.1) is 5.54 Å². The van der Waals surface area contributed by atoms with Crippen LogP contribution in [0.5, 0.6) is 0 Å². The number of fused-ring (bicyclic) bond motifs is 1. The molecule has 0 aromatic heterocycles. The van der Waals surface area contributed by atoms with Crippen LogP contribution in [-0.2, 0) is 4.79 Å². The highest BCUT2D eigenvalue weighted by atomic mass is 16.4. The normalized spacial score (nSPS) is 24.4. The SMILES string of the molecule is CC[C@@H](C)N1C(=O)c2ccccc2[C@@H](C(=O)O)C12CCCC2. The smallest absolute Gasteiger partial charge is 0.313 e. The average molecular weight is 301 g/mol. The maximum atomic E-state index is 13.1. The molecule has 0 unspecified atom stereocenters. The molecule has 4 heteroatoms. The predicted octanol–water partition coefficient (Wildman–Crippen LogP) is 3.42. The number of nitrogens with zero attached hydrogens (tertiary/aromatic N) is 1. The Balaban J connectivity index is 2.24. The van der Waals surface area contributed by atoms with Crippen molar-refractivity contribution in [1.82, 2.24) is 4.90 Å². The van der Waals surface area contributed by atoms with Crippen molar-refractivity contribution >= 4 is 11.9 Å². The van der Waals surface area contributed by atoms with Gasteiger partial charge in [-0.2, -0.15) is 0 Å². The van der Waals surface area contributed by atoms with E-state index in [-0.39, 0.29) is 11.9 Å². The van der Waals surface area contributed by atoms with E-state index in [0.717, 1.165) is 32.1 Å². The largest absolute Gasteiger partial charge is 0.481 e. The van der Waals surface area contributed by atoms with Gasteiger partial charge in [-0.3, -0.25) is 9.59 Å². The highest BCUT2D eigenvalue weighted by molar-refractivity contribution is 6.01. The van der Waals surface area contributed by atoms with E-state index in [1.807, 2.05) is 30.0 Å². The van der Waals surface area contributed by atoms with Gasteiger partial charge in [0.1, 0.15) is 5.92 Å². The summed E-state index contributed by atoms with van der Waals surface area (Å²) in [5, 5.41) is 9.93. The number of carboxylic acid groups (broad SMARTS) is 1. The second kappa shape index (κ2) is 5.41. The van der Waals surface area contributed by atoms with Crippen molar-refractivity contribution < 1.29 is 14.7 Å². The van der Waals surface area contributed by atoms with E-state index >= 15 is 0 Å². The van der Waals surface area contributed by atoms with Crippen molar-refractivity contribution in [2.75, 3.05) is 0 Å². The second-order valence-corrected chi connectivity index (χ2v) is 6.60. The number of carbonyl (C=O) groups excluding carboxylic acids is 1. The quantitative estimate of drug-likeness (QED) is 0.930. The minimum absolute atomic E-state index is 0.00403. The van der Waals surface area contributed by atoms with Crippen LogP contribution >= 0.6 is 0 Å².